The van der Waals surface area contributed by atoms with E-state index < -0.39 is 23.6 Å². The van der Waals surface area contributed by atoms with Crippen molar-refractivity contribution in [1.82, 2.24) is 9.78 Å². The molecule has 0 fully saturated rings. The Bertz CT molecular complexity index is 300. The van der Waals surface area contributed by atoms with E-state index in [-0.39, 0.29) is 4.68 Å². The number of nitrogens with zero attached hydrogens (tertiary/aromatic N) is 2. The van der Waals surface area contributed by atoms with Crippen molar-refractivity contribution in [3.8, 4) is 0 Å². The van der Waals surface area contributed by atoms with E-state index in [4.69, 9.17) is 0 Å². The number of rotatable bonds is 0. The van der Waals surface area contributed by atoms with Gasteiger partial charge in [-0.05, 0) is 0 Å². The number of aromatic nitrogens is 2. The highest BCUT2D eigenvalue weighted by molar-refractivity contribution is 5.09. The molecule has 68 valence electrons. The maximum Gasteiger partial charge on any atom is 0.436 e. The third-order valence-corrected chi connectivity index (χ3v) is 1.22. The Hall–Kier alpha value is -1.14. The van der Waals surface area contributed by atoms with E-state index in [0.29, 0.717) is 0 Å². The van der Waals surface area contributed by atoms with E-state index in [1.165, 1.54) is 0 Å². The molecule has 0 atom stereocenters. The lowest BCUT2D eigenvalue weighted by molar-refractivity contribution is -0.146. The molecular weight excluding hydrogens is 183 g/mol. The van der Waals surface area contributed by atoms with Crippen LogP contribution in [-0.2, 0) is 13.2 Å². The first-order chi connectivity index (χ1) is 5.34. The molecule has 1 rings (SSSR count). The normalized spacial score (nSPS) is 12.2. The molecule has 2 nitrogen and oxygen atoms in total. The minimum atomic E-state index is -4.92. The van der Waals surface area contributed by atoms with Crippen LogP contribution >= 0.6 is 0 Å². The molecular formula is C5H3F5N2. The van der Waals surface area contributed by atoms with Crippen LogP contribution < -0.4 is 0 Å². The molecule has 0 aliphatic rings. The van der Waals surface area contributed by atoms with Gasteiger partial charge >= 0.3 is 6.18 Å². The number of alkyl halides is 3. The lowest BCUT2D eigenvalue weighted by Crippen LogP contribution is -2.13. The number of hydrogen-bond donors (Lipinski definition) is 0. The first-order valence-electron chi connectivity index (χ1n) is 2.79. The molecule has 0 amide bonds. The summed E-state index contributed by atoms with van der Waals surface area (Å²) in [6.07, 6.45) is -4.92. The fourth-order valence-corrected chi connectivity index (χ4v) is 0.773. The summed E-state index contributed by atoms with van der Waals surface area (Å²) in [6.45, 7) is 0. The molecule has 0 aromatic carbocycles. The van der Waals surface area contributed by atoms with Gasteiger partial charge in [-0.15, -0.1) is 5.10 Å². The predicted molar refractivity (Wildman–Crippen MR) is 28.1 cm³/mol. The van der Waals surface area contributed by atoms with Gasteiger partial charge in [0.05, 0.1) is 0 Å². The van der Waals surface area contributed by atoms with E-state index in [2.05, 4.69) is 5.10 Å². The average molecular weight is 186 g/mol. The first kappa shape index (κ1) is 8.95. The van der Waals surface area contributed by atoms with Crippen LogP contribution in [0.5, 0.6) is 0 Å². The average Bonchev–Trinajstić information content (AvgIpc) is 2.05. The molecule has 0 radical (unpaired) electrons. The van der Waals surface area contributed by atoms with E-state index in [9.17, 15) is 22.0 Å². The Balaban J connectivity index is 3.32. The van der Waals surface area contributed by atoms with Crippen LogP contribution in [0, 0.1) is 11.8 Å². The topological polar surface area (TPSA) is 17.8 Å². The Morgan fingerprint density at radius 2 is 1.75 bits per heavy atom. The maximum atomic E-state index is 12.3. The van der Waals surface area contributed by atoms with E-state index >= 15 is 0 Å². The van der Waals surface area contributed by atoms with Gasteiger partial charge in [0.2, 0.25) is 5.82 Å². The molecule has 1 aromatic rings. The highest BCUT2D eigenvalue weighted by Crippen LogP contribution is 2.31. The standard InChI is InChI=1S/C5H3F5N2/c1-12-3(5(8,9)10)2(6)4(7)11-12/h1H3. The molecule has 0 aliphatic carbocycles. The van der Waals surface area contributed by atoms with E-state index in [1.807, 2.05) is 0 Å². The van der Waals surface area contributed by atoms with Crippen LogP contribution in [-0.4, -0.2) is 9.78 Å². The molecule has 7 heteroatoms. The number of aryl methyl sites for hydroxylation is 1. The summed E-state index contributed by atoms with van der Waals surface area (Å²) in [5.41, 5.74) is -1.71. The predicted octanol–water partition coefficient (Wildman–Crippen LogP) is 1.72. The summed E-state index contributed by atoms with van der Waals surface area (Å²) in [6, 6.07) is 0. The third-order valence-electron chi connectivity index (χ3n) is 1.22. The van der Waals surface area contributed by atoms with Crippen LogP contribution in [0.4, 0.5) is 22.0 Å². The second kappa shape index (κ2) is 2.43. The molecule has 0 bridgehead atoms. The van der Waals surface area contributed by atoms with Gasteiger partial charge < -0.3 is 0 Å². The van der Waals surface area contributed by atoms with Gasteiger partial charge in [0.15, 0.2) is 5.69 Å². The molecule has 0 unspecified atom stereocenters. The first-order valence-corrected chi connectivity index (χ1v) is 2.79. The Morgan fingerprint density at radius 1 is 1.25 bits per heavy atom. The quantitative estimate of drug-likeness (QED) is 0.564. The van der Waals surface area contributed by atoms with E-state index in [0.717, 1.165) is 7.05 Å². The highest BCUT2D eigenvalue weighted by atomic mass is 19.4. The van der Waals surface area contributed by atoms with Crippen LogP contribution in [0.15, 0.2) is 0 Å². The molecule has 0 aliphatic heterocycles. The summed E-state index contributed by atoms with van der Waals surface area (Å²) in [7, 11) is 0.814. The molecule has 0 spiro atoms. The summed E-state index contributed by atoms with van der Waals surface area (Å²) in [5.74, 6) is -3.71. The zero-order valence-electron chi connectivity index (χ0n) is 5.78. The minimum absolute atomic E-state index is 0.116. The second-order valence-electron chi connectivity index (χ2n) is 2.07. The molecule has 12 heavy (non-hydrogen) atoms. The SMILES string of the molecule is Cn1nc(F)c(F)c1C(F)(F)F. The van der Waals surface area contributed by atoms with Crippen LogP contribution in [0.3, 0.4) is 0 Å². The number of halogens is 5. The van der Waals surface area contributed by atoms with Crippen molar-refractivity contribution in [1.29, 1.82) is 0 Å². The molecule has 1 aromatic heterocycles. The lowest BCUT2D eigenvalue weighted by atomic mass is 10.4. The summed E-state index contributed by atoms with van der Waals surface area (Å²) < 4.78 is 60.1. The molecule has 0 saturated heterocycles. The second-order valence-corrected chi connectivity index (χ2v) is 2.07. The summed E-state index contributed by atoms with van der Waals surface area (Å²) in [4.78, 5) is 0. The van der Waals surface area contributed by atoms with Crippen molar-refractivity contribution in [2.45, 2.75) is 6.18 Å². The van der Waals surface area contributed by atoms with Crippen molar-refractivity contribution in [2.75, 3.05) is 0 Å². The van der Waals surface area contributed by atoms with Crippen molar-refractivity contribution in [2.24, 2.45) is 7.05 Å². The minimum Gasteiger partial charge on any atom is -0.258 e. The molecule has 1 heterocycles. The summed E-state index contributed by atoms with van der Waals surface area (Å²) in [5, 5.41) is 2.63. The molecule has 0 saturated carbocycles. The fraction of sp³-hybridized carbons (Fsp3) is 0.400. The van der Waals surface area contributed by atoms with E-state index in [1.54, 1.807) is 0 Å². The monoisotopic (exact) mass is 186 g/mol. The van der Waals surface area contributed by atoms with Crippen molar-refractivity contribution < 1.29 is 22.0 Å². The van der Waals surface area contributed by atoms with Gasteiger partial charge in [-0.1, -0.05) is 0 Å². The zero-order valence-corrected chi connectivity index (χ0v) is 5.78. The van der Waals surface area contributed by atoms with Gasteiger partial charge in [0, 0.05) is 7.05 Å². The van der Waals surface area contributed by atoms with Crippen molar-refractivity contribution in [3.05, 3.63) is 17.5 Å². The van der Waals surface area contributed by atoms with Crippen LogP contribution in [0.1, 0.15) is 5.69 Å². The Labute approximate surface area is 63.6 Å². The largest absolute Gasteiger partial charge is 0.436 e. The third kappa shape index (κ3) is 1.26. The van der Waals surface area contributed by atoms with Gasteiger partial charge in [0.1, 0.15) is 0 Å². The van der Waals surface area contributed by atoms with Crippen molar-refractivity contribution >= 4 is 0 Å². The summed E-state index contributed by atoms with van der Waals surface area (Å²) >= 11 is 0. The van der Waals surface area contributed by atoms with Gasteiger partial charge in [0.25, 0.3) is 5.95 Å². The Morgan fingerprint density at radius 3 is 1.92 bits per heavy atom. The van der Waals surface area contributed by atoms with Crippen LogP contribution in [0.2, 0.25) is 0 Å². The number of hydrogen-bond acceptors (Lipinski definition) is 1. The van der Waals surface area contributed by atoms with Gasteiger partial charge in [-0.2, -0.15) is 22.0 Å². The smallest absolute Gasteiger partial charge is 0.258 e. The fourth-order valence-electron chi connectivity index (χ4n) is 0.773. The molecule has 0 N–H and O–H groups in total. The van der Waals surface area contributed by atoms with Crippen LogP contribution in [0.25, 0.3) is 0 Å². The lowest BCUT2D eigenvalue weighted by Gasteiger charge is -2.04. The van der Waals surface area contributed by atoms with Gasteiger partial charge in [-0.25, -0.2) is 0 Å². The highest BCUT2D eigenvalue weighted by Gasteiger charge is 2.40. The maximum absolute atomic E-state index is 12.3. The van der Waals surface area contributed by atoms with Gasteiger partial charge in [-0.3, -0.25) is 4.68 Å². The zero-order chi connectivity index (χ0) is 9.52. The Kier molecular flexibility index (Phi) is 1.81. The van der Waals surface area contributed by atoms with Crippen molar-refractivity contribution in [3.63, 3.8) is 0 Å².